The van der Waals surface area contributed by atoms with E-state index in [-0.39, 0.29) is 35.5 Å². The third-order valence-electron chi connectivity index (χ3n) is 12.4. The minimum absolute atomic E-state index is 0.0140. The number of carbonyl (C=O) groups is 4. The van der Waals surface area contributed by atoms with Gasteiger partial charge in [-0.3, -0.25) is 24.1 Å². The van der Waals surface area contributed by atoms with Crippen molar-refractivity contribution in [3.05, 3.63) is 0 Å². The van der Waals surface area contributed by atoms with Crippen LogP contribution in [-0.2, 0) is 23.9 Å². The zero-order chi connectivity index (χ0) is 32.8. The van der Waals surface area contributed by atoms with Gasteiger partial charge in [0.1, 0.15) is 11.6 Å². The van der Waals surface area contributed by atoms with Crippen LogP contribution in [0.1, 0.15) is 123 Å². The van der Waals surface area contributed by atoms with E-state index in [1.54, 1.807) is 0 Å². The molecule has 1 aliphatic heterocycles. The van der Waals surface area contributed by atoms with Gasteiger partial charge in [-0.25, -0.2) is 0 Å². The van der Waals surface area contributed by atoms with Gasteiger partial charge >= 0.3 is 0 Å². The Bertz CT molecular complexity index is 1060. The molecule has 5 rings (SSSR count). The van der Waals surface area contributed by atoms with Crippen LogP contribution < -0.4 is 16.8 Å². The number of nitrogens with one attached hydrogen (secondary N) is 1. The summed E-state index contributed by atoms with van der Waals surface area (Å²) in [7, 11) is 0. The van der Waals surface area contributed by atoms with Crippen molar-refractivity contribution in [1.82, 2.24) is 10.2 Å². The molecular formula is C37H62N4O5. The Morgan fingerprint density at radius 1 is 0.674 bits per heavy atom. The number of carbonyl (C=O) groups excluding carboxylic acids is 4. The molecule has 4 saturated carbocycles. The number of amides is 2. The van der Waals surface area contributed by atoms with Crippen molar-refractivity contribution < 1.29 is 23.9 Å². The smallest absolute Gasteiger partial charge is 0.235 e. The number of unbranched alkanes of at least 4 members (excludes halogenated alkanes) is 6. The lowest BCUT2D eigenvalue weighted by Crippen LogP contribution is -2.69. The number of ketones is 2. The Labute approximate surface area is 277 Å². The highest BCUT2D eigenvalue weighted by Crippen LogP contribution is 2.51. The van der Waals surface area contributed by atoms with E-state index in [2.05, 4.69) is 19.2 Å². The van der Waals surface area contributed by atoms with E-state index in [1.807, 2.05) is 0 Å². The molecule has 2 amide bonds. The van der Waals surface area contributed by atoms with Crippen molar-refractivity contribution in [2.45, 2.75) is 147 Å². The SMILES string of the molecule is CCCCCCCCOCCCNC1CCCC2C(=O)C3C(N)C4C(=O)N(C5CCC(CCCC)CC5)C(=O)C4C(N)C3C(=O)C12. The second-order valence-corrected chi connectivity index (χ2v) is 15.3. The molecule has 9 unspecified atom stereocenters. The number of fused-ring (bicyclic) bond motifs is 3. The number of nitrogens with two attached hydrogens (primary N) is 2. The van der Waals surface area contributed by atoms with Crippen molar-refractivity contribution >= 4 is 23.4 Å². The number of Topliss-reactive ketones (excluding diaryl/α,β-unsaturated/α-hetero) is 2. The third kappa shape index (κ3) is 7.32. The maximum absolute atomic E-state index is 14.3. The number of hydrogen-bond acceptors (Lipinski definition) is 8. The third-order valence-corrected chi connectivity index (χ3v) is 12.4. The molecule has 46 heavy (non-hydrogen) atoms. The summed E-state index contributed by atoms with van der Waals surface area (Å²) < 4.78 is 5.85. The lowest BCUT2D eigenvalue weighted by Gasteiger charge is -2.52. The fraction of sp³-hybridized carbons (Fsp3) is 0.892. The van der Waals surface area contributed by atoms with Crippen molar-refractivity contribution in [2.24, 2.45) is 52.9 Å². The Balaban J connectivity index is 1.19. The summed E-state index contributed by atoms with van der Waals surface area (Å²) in [5.74, 6) is -4.03. The van der Waals surface area contributed by atoms with Gasteiger partial charge in [0.15, 0.2) is 0 Å². The zero-order valence-corrected chi connectivity index (χ0v) is 28.6. The minimum atomic E-state index is -0.868. The van der Waals surface area contributed by atoms with Gasteiger partial charge in [-0.15, -0.1) is 0 Å². The van der Waals surface area contributed by atoms with E-state index in [0.29, 0.717) is 18.9 Å². The topological polar surface area (TPSA) is 145 Å². The van der Waals surface area contributed by atoms with Gasteiger partial charge in [-0.1, -0.05) is 71.6 Å². The number of likely N-dealkylation sites (tertiary alicyclic amines) is 1. The highest BCUT2D eigenvalue weighted by molar-refractivity contribution is 6.09. The van der Waals surface area contributed by atoms with Gasteiger partial charge in [-0.2, -0.15) is 0 Å². The van der Waals surface area contributed by atoms with Crippen molar-refractivity contribution in [1.29, 1.82) is 0 Å². The van der Waals surface area contributed by atoms with Crippen LogP contribution in [0.5, 0.6) is 0 Å². The van der Waals surface area contributed by atoms with Gasteiger partial charge in [0.2, 0.25) is 11.8 Å². The molecule has 0 aromatic carbocycles. The molecule has 0 bridgehead atoms. The van der Waals surface area contributed by atoms with Crippen molar-refractivity contribution in [3.8, 4) is 0 Å². The minimum Gasteiger partial charge on any atom is -0.381 e. The maximum atomic E-state index is 14.3. The number of ether oxygens (including phenoxy) is 1. The van der Waals surface area contributed by atoms with Gasteiger partial charge in [0.05, 0.1) is 11.8 Å². The summed E-state index contributed by atoms with van der Waals surface area (Å²) in [5, 5.41) is 3.59. The van der Waals surface area contributed by atoms with Crippen LogP contribution in [-0.4, -0.2) is 72.2 Å². The fourth-order valence-corrected chi connectivity index (χ4v) is 9.91. The second kappa shape index (κ2) is 16.6. The quantitative estimate of drug-likeness (QED) is 0.165. The molecule has 9 atom stereocenters. The Hall–Kier alpha value is -1.68. The lowest BCUT2D eigenvalue weighted by molar-refractivity contribution is -0.158. The van der Waals surface area contributed by atoms with E-state index in [1.165, 1.54) is 56.3 Å². The molecule has 0 radical (unpaired) electrons. The molecule has 9 heteroatoms. The van der Waals surface area contributed by atoms with Gasteiger partial charge in [0.25, 0.3) is 0 Å². The van der Waals surface area contributed by atoms with Crippen LogP contribution in [0.3, 0.4) is 0 Å². The van der Waals surface area contributed by atoms with Crippen LogP contribution in [0.2, 0.25) is 0 Å². The molecule has 5 N–H and O–H groups in total. The van der Waals surface area contributed by atoms with Crippen LogP contribution in [0.25, 0.3) is 0 Å². The summed E-state index contributed by atoms with van der Waals surface area (Å²) in [6.45, 7) is 6.62. The second-order valence-electron chi connectivity index (χ2n) is 15.3. The largest absolute Gasteiger partial charge is 0.381 e. The first kappa shape index (κ1) is 35.6. The van der Waals surface area contributed by atoms with E-state index in [4.69, 9.17) is 16.2 Å². The van der Waals surface area contributed by atoms with E-state index in [9.17, 15) is 19.2 Å². The van der Waals surface area contributed by atoms with Crippen LogP contribution in [0.4, 0.5) is 0 Å². The summed E-state index contributed by atoms with van der Waals surface area (Å²) in [6, 6.07) is -1.96. The highest BCUT2D eigenvalue weighted by atomic mass is 16.5. The molecule has 5 fully saturated rings. The summed E-state index contributed by atoms with van der Waals surface area (Å²) in [4.78, 5) is 57.8. The van der Waals surface area contributed by atoms with Crippen LogP contribution in [0.15, 0.2) is 0 Å². The normalized spacial score (nSPS) is 37.7. The Kier molecular flexibility index (Phi) is 12.9. The Morgan fingerprint density at radius 3 is 1.96 bits per heavy atom. The van der Waals surface area contributed by atoms with Crippen LogP contribution in [0, 0.1) is 41.4 Å². The van der Waals surface area contributed by atoms with E-state index < -0.39 is 47.6 Å². The molecule has 1 heterocycles. The van der Waals surface area contributed by atoms with Gasteiger partial charge in [0, 0.05) is 61.1 Å². The molecule has 1 saturated heterocycles. The molecule has 9 nitrogen and oxygen atoms in total. The average Bonchev–Trinajstić information content (AvgIpc) is 3.33. The molecular weight excluding hydrogens is 580 g/mol. The predicted molar refractivity (Wildman–Crippen MR) is 178 cm³/mol. The highest BCUT2D eigenvalue weighted by Gasteiger charge is 2.67. The van der Waals surface area contributed by atoms with Crippen molar-refractivity contribution in [3.63, 3.8) is 0 Å². The first-order valence-corrected chi connectivity index (χ1v) is 19.1. The van der Waals surface area contributed by atoms with Crippen LogP contribution >= 0.6 is 0 Å². The zero-order valence-electron chi connectivity index (χ0n) is 28.6. The molecule has 0 aromatic rings. The lowest BCUT2D eigenvalue weighted by atomic mass is 9.52. The number of nitrogens with zero attached hydrogens (tertiary/aromatic N) is 1. The predicted octanol–water partition coefficient (Wildman–Crippen LogP) is 4.53. The molecule has 260 valence electrons. The number of hydrogen-bond donors (Lipinski definition) is 3. The van der Waals surface area contributed by atoms with E-state index in [0.717, 1.165) is 64.5 Å². The fourth-order valence-electron chi connectivity index (χ4n) is 9.91. The maximum Gasteiger partial charge on any atom is 0.235 e. The summed E-state index contributed by atoms with van der Waals surface area (Å²) in [6.07, 6.45) is 17.9. The molecule has 4 aliphatic carbocycles. The molecule has 5 aliphatic rings. The molecule has 0 aromatic heterocycles. The van der Waals surface area contributed by atoms with Gasteiger partial charge < -0.3 is 21.5 Å². The standard InChI is InChI=1S/C37H62N4O5/c1-3-5-7-8-9-10-21-46-22-12-20-40-26-15-11-14-25-27(26)35(43)29-28(34(25)42)32(38)30-31(33(29)39)37(45)41(36(30)44)24-18-16-23(17-19-24)13-6-4-2/h23-33,40H,3-22,38-39H2,1-2H3. The Morgan fingerprint density at radius 2 is 1.28 bits per heavy atom. The number of rotatable bonds is 16. The average molecular weight is 643 g/mol. The van der Waals surface area contributed by atoms with Crippen molar-refractivity contribution in [2.75, 3.05) is 19.8 Å². The summed E-state index contributed by atoms with van der Waals surface area (Å²) in [5.41, 5.74) is 13.6. The first-order chi connectivity index (χ1) is 22.3. The number of imide groups is 1. The monoisotopic (exact) mass is 642 g/mol. The first-order valence-electron chi connectivity index (χ1n) is 19.1. The van der Waals surface area contributed by atoms with Gasteiger partial charge in [-0.05, 0) is 63.8 Å². The summed E-state index contributed by atoms with van der Waals surface area (Å²) >= 11 is 0. The molecule has 0 spiro atoms. The van der Waals surface area contributed by atoms with E-state index >= 15 is 0 Å².